The molecule has 13 aromatic rings. The van der Waals surface area contributed by atoms with Crippen LogP contribution in [0.4, 0.5) is 55.5 Å². The summed E-state index contributed by atoms with van der Waals surface area (Å²) in [5, 5.41) is 26.9. The summed E-state index contributed by atoms with van der Waals surface area (Å²) in [6, 6.07) is 15.8. The van der Waals surface area contributed by atoms with Gasteiger partial charge in [0.15, 0.2) is 22.9 Å². The number of alkyl halides is 6. The molecule has 0 spiro atoms. The Morgan fingerprint density at radius 3 is 1.92 bits per heavy atom. The van der Waals surface area contributed by atoms with E-state index in [4.69, 9.17) is 32.9 Å². The average Bonchev–Trinajstić information content (AvgIpc) is 1.52. The van der Waals surface area contributed by atoms with Gasteiger partial charge in [0.1, 0.15) is 77.5 Å². The minimum atomic E-state index is -4.66. The lowest BCUT2D eigenvalue weighted by Gasteiger charge is -2.24. The molecular formula is C70H53Cl2F10N17O10S2. The lowest BCUT2D eigenvalue weighted by Crippen LogP contribution is -2.38. The first-order valence-electron chi connectivity index (χ1n) is 33.3. The van der Waals surface area contributed by atoms with E-state index < -0.39 is 210 Å². The van der Waals surface area contributed by atoms with E-state index in [0.717, 1.165) is 53.1 Å². The topological polar surface area (TPSA) is 345 Å². The molecular weight excluding hydrogens is 1560 g/mol. The van der Waals surface area contributed by atoms with Crippen LogP contribution in [-0.2, 0) is 75.0 Å². The number of H-pyrrole nitrogens is 1. The Morgan fingerprint density at radius 2 is 1.30 bits per heavy atom. The van der Waals surface area contributed by atoms with Crippen LogP contribution < -0.4 is 35.9 Å². The highest BCUT2D eigenvalue weighted by Crippen LogP contribution is 2.68. The zero-order valence-electron chi connectivity index (χ0n) is 56.9. The lowest BCUT2D eigenvalue weighted by molar-refractivity contribution is -0.123. The first-order valence-corrected chi connectivity index (χ1v) is 37.6. The highest BCUT2D eigenvalue weighted by atomic mass is 35.5. The number of phenols is 1. The molecule has 6 N–H and O–H groups in total. The highest BCUT2D eigenvalue weighted by Gasteiger charge is 2.67. The largest absolute Gasteiger partial charge is 0.508 e. The molecule has 1 fully saturated rings. The number of aryl methyl sites for hydroxylation is 1. The summed E-state index contributed by atoms with van der Waals surface area (Å²) >= 11 is 13.6. The zero-order valence-corrected chi connectivity index (χ0v) is 60.1. The Balaban J connectivity index is 0.783. The molecule has 5 aromatic carbocycles. The number of hydrogen-bond acceptors (Lipinski definition) is 17. The van der Waals surface area contributed by atoms with Gasteiger partial charge in [-0.1, -0.05) is 23.2 Å². The van der Waals surface area contributed by atoms with Gasteiger partial charge >= 0.3 is 0 Å². The molecule has 574 valence electrons. The molecule has 0 unspecified atom stereocenters. The number of halogens is 12. The lowest BCUT2D eigenvalue weighted by atomic mass is 10.0. The monoisotopic (exact) mass is 1620 g/mol. The Labute approximate surface area is 626 Å². The number of phenolic OH excluding ortho intramolecular Hbond substituents is 1. The highest BCUT2D eigenvalue weighted by molar-refractivity contribution is 7.92. The molecule has 27 nitrogen and oxygen atoms in total. The summed E-state index contributed by atoms with van der Waals surface area (Å²) in [5.41, 5.74) is -5.35. The molecule has 15 rings (SSSR count). The summed E-state index contributed by atoms with van der Waals surface area (Å²) in [6.45, 7) is -3.30. The summed E-state index contributed by atoms with van der Waals surface area (Å²) in [6.07, 6.45) is -4.64. The number of benzene rings is 5. The SMILES string of the molecule is Cn1nc(NS(=O)(=O)CCOc2ccc3c(=O)n(-c4ccc(Cl)c5c(NS(C)(=O)=O)nn(CC(F)F)c45)c([C@H](Cc4cc(F)cc(F)c4)NC(=O)Cn4nc(C(F)F)c5c4C(F)(F)[C@@H]4C[C@H]54)nc3n2)c2c(Cl)ccc(-n3c([C@H](Cc4cc(F)cc(F)c4)NC(=O)Cc4c[nH]c5ccc(O)cc45)nc4ncccc4c3=O)c21. The number of aromatic nitrogens is 13. The van der Waals surface area contributed by atoms with E-state index in [1.807, 2.05) is 0 Å². The Kier molecular flexibility index (Phi) is 19.1. The van der Waals surface area contributed by atoms with Crippen molar-refractivity contribution in [2.45, 2.75) is 75.5 Å². The van der Waals surface area contributed by atoms with Crippen molar-refractivity contribution in [1.82, 2.24) is 74.0 Å². The number of rotatable bonds is 25. The third kappa shape index (κ3) is 14.4. The maximum absolute atomic E-state index is 15.9. The first kappa shape index (κ1) is 74.7. The smallest absolute Gasteiger partial charge is 0.293 e. The van der Waals surface area contributed by atoms with Crippen LogP contribution in [0.1, 0.15) is 76.1 Å². The van der Waals surface area contributed by atoms with Crippen LogP contribution in [-0.4, -0.2) is 122 Å². The van der Waals surface area contributed by atoms with E-state index in [1.54, 1.807) is 12.3 Å². The second-order valence-electron chi connectivity index (χ2n) is 26.3. The molecule has 8 aromatic heterocycles. The maximum atomic E-state index is 15.9. The van der Waals surface area contributed by atoms with Gasteiger partial charge in [0, 0.05) is 72.9 Å². The van der Waals surface area contributed by atoms with Gasteiger partial charge in [-0.15, -0.1) is 0 Å². The molecule has 8 heterocycles. The van der Waals surface area contributed by atoms with E-state index in [0.29, 0.717) is 48.8 Å². The van der Waals surface area contributed by atoms with Crippen LogP contribution in [0.15, 0.2) is 125 Å². The fourth-order valence-electron chi connectivity index (χ4n) is 14.2. The predicted molar refractivity (Wildman–Crippen MR) is 383 cm³/mol. The normalized spacial score (nSPS) is 15.3. The number of anilines is 2. The molecule has 1 saturated carbocycles. The number of sulfonamides is 2. The van der Waals surface area contributed by atoms with Crippen LogP contribution >= 0.6 is 23.2 Å². The van der Waals surface area contributed by atoms with Crippen molar-refractivity contribution in [3.63, 3.8) is 0 Å². The van der Waals surface area contributed by atoms with Crippen molar-refractivity contribution in [2.75, 3.05) is 28.1 Å². The van der Waals surface area contributed by atoms with Crippen molar-refractivity contribution in [3.8, 4) is 23.0 Å². The minimum Gasteiger partial charge on any atom is -0.508 e. The van der Waals surface area contributed by atoms with Gasteiger partial charge in [-0.25, -0.2) is 66.9 Å². The minimum absolute atomic E-state index is 0.0123. The van der Waals surface area contributed by atoms with Crippen molar-refractivity contribution in [3.05, 3.63) is 215 Å². The molecule has 4 atom stereocenters. The molecule has 111 heavy (non-hydrogen) atoms. The van der Waals surface area contributed by atoms with Gasteiger partial charge in [-0.3, -0.25) is 51.8 Å². The third-order valence-corrected chi connectivity index (χ3v) is 21.1. The van der Waals surface area contributed by atoms with Crippen molar-refractivity contribution >= 4 is 121 Å². The van der Waals surface area contributed by atoms with Crippen LogP contribution in [0.25, 0.3) is 66.2 Å². The summed E-state index contributed by atoms with van der Waals surface area (Å²) in [7, 11) is -7.56. The molecule has 0 radical (unpaired) electrons. The second-order valence-corrected chi connectivity index (χ2v) is 30.7. The predicted octanol–water partition coefficient (Wildman–Crippen LogP) is 10.7. The fraction of sp³-hybridized carbons (Fsp3) is 0.243. The fourth-order valence-corrected chi connectivity index (χ4v) is 16.0. The number of fused-ring (bicyclic) bond motifs is 8. The number of aromatic hydroxyl groups is 1. The van der Waals surface area contributed by atoms with Crippen LogP contribution in [0, 0.1) is 29.2 Å². The Bertz CT molecular complexity index is 6400. The molecule has 41 heteroatoms. The van der Waals surface area contributed by atoms with Gasteiger partial charge in [-0.2, -0.15) is 29.1 Å². The second kappa shape index (κ2) is 28.3. The molecule has 0 aliphatic heterocycles. The van der Waals surface area contributed by atoms with E-state index >= 15 is 27.2 Å². The van der Waals surface area contributed by atoms with Crippen LogP contribution in [0.3, 0.4) is 0 Å². The summed E-state index contributed by atoms with van der Waals surface area (Å²) in [5.74, 6) is -15.8. The van der Waals surface area contributed by atoms with E-state index in [2.05, 4.69) is 55.3 Å². The number of amides is 2. The number of nitrogens with one attached hydrogen (secondary N) is 5. The average molecular weight is 1620 g/mol. The maximum Gasteiger partial charge on any atom is 0.293 e. The van der Waals surface area contributed by atoms with E-state index in [9.17, 15) is 57.9 Å². The van der Waals surface area contributed by atoms with Crippen molar-refractivity contribution in [1.29, 1.82) is 0 Å². The number of carbonyl (C=O) groups is 2. The number of carbonyl (C=O) groups excluding carboxylic acids is 2. The Hall–Kier alpha value is -11.7. The van der Waals surface area contributed by atoms with E-state index in [1.165, 1.54) is 54.3 Å². The number of hydrogen-bond donors (Lipinski definition) is 6. The van der Waals surface area contributed by atoms with Gasteiger partial charge in [0.2, 0.25) is 37.7 Å². The number of nitrogens with zero attached hydrogens (tertiary/aromatic N) is 12. The Morgan fingerprint density at radius 1 is 0.703 bits per heavy atom. The molecule has 2 amide bonds. The first-order chi connectivity index (χ1) is 52.6. The molecule has 2 aliphatic rings. The van der Waals surface area contributed by atoms with Crippen LogP contribution in [0.2, 0.25) is 10.0 Å². The van der Waals surface area contributed by atoms with Gasteiger partial charge in [0.25, 0.3) is 29.9 Å². The molecule has 0 bridgehead atoms. The van der Waals surface area contributed by atoms with E-state index in [-0.39, 0.29) is 78.6 Å². The van der Waals surface area contributed by atoms with Gasteiger partial charge < -0.3 is 25.5 Å². The van der Waals surface area contributed by atoms with Gasteiger partial charge in [-0.05, 0) is 114 Å². The van der Waals surface area contributed by atoms with Gasteiger partial charge in [0.05, 0.1) is 78.8 Å². The summed E-state index contributed by atoms with van der Waals surface area (Å²) in [4.78, 5) is 80.6. The molecule has 2 aliphatic carbocycles. The third-order valence-electron chi connectivity index (χ3n) is 18.6. The van der Waals surface area contributed by atoms with Crippen LogP contribution in [0.5, 0.6) is 11.6 Å². The summed E-state index contributed by atoms with van der Waals surface area (Å²) < 4.78 is 219. The van der Waals surface area contributed by atoms with Crippen molar-refractivity contribution in [2.24, 2.45) is 13.0 Å². The number of aromatic amines is 1. The molecule has 0 saturated heterocycles. The standard InChI is InChI=1S/C70H53Cl2F10N17O10S2/c1-95-58-48(98-66(88-62-38(68(98)103)4-3-13-83-62)46(20-30-16-33(73)23-34(74)17-30)85-51(101)22-32-27-84-45-9-5-37(100)25-40(32)45)10-7-43(71)55(58)64(91-95)94-111(107,108)15-14-109-53-12-6-39-63(87-53)89-67(99(69(39)104)49-11-8-44(72)56-59(49)96(28-50(77)78)92-65(56)93-110(2,105)106)47(21-31-18-35(75)24-36(76)19-31)86-52(102)29-97-60-54(57(90-97)61(79)80)41-26-42(41)70(60,81)82/h3-13,16-19,23-25,27,41-42,46-47,50,61,84,100H,14-15,20-22,26,28-29H2,1-2H3,(H,85,101)(H,86,102)(H,91,94)(H,92,93)/t41-,42+,46-,47-/m0/s1. The quantitative estimate of drug-likeness (QED) is 0.0290. The number of pyridine rings is 2. The zero-order chi connectivity index (χ0) is 78.8. The van der Waals surface area contributed by atoms with Crippen molar-refractivity contribution < 1.29 is 80.2 Å². The number of ether oxygens (including phenoxy) is 1.